The molecule has 1 amide bonds. The normalized spacial score (nSPS) is 15.6. The van der Waals surface area contributed by atoms with Gasteiger partial charge in [0.15, 0.2) is 6.10 Å². The molecule has 0 heterocycles. The third-order valence-electron chi connectivity index (χ3n) is 4.16. The van der Waals surface area contributed by atoms with Crippen LogP contribution in [-0.4, -0.2) is 24.0 Å². The highest BCUT2D eigenvalue weighted by molar-refractivity contribution is 5.86. The van der Waals surface area contributed by atoms with Gasteiger partial charge in [-0.25, -0.2) is 4.79 Å². The monoisotopic (exact) mass is 353 g/mol. The smallest absolute Gasteiger partial charge is 0.348 e. The summed E-state index contributed by atoms with van der Waals surface area (Å²) in [5.41, 5.74) is 1.75. The molecule has 0 aliphatic heterocycles. The van der Waals surface area contributed by atoms with Gasteiger partial charge in [0.1, 0.15) is 5.75 Å². The Morgan fingerprint density at radius 2 is 1.69 bits per heavy atom. The molecule has 0 saturated heterocycles. The first-order chi connectivity index (χ1) is 12.5. The van der Waals surface area contributed by atoms with Crippen molar-refractivity contribution in [2.45, 2.75) is 44.9 Å². The fourth-order valence-electron chi connectivity index (χ4n) is 2.49. The van der Waals surface area contributed by atoms with Crippen LogP contribution in [0.1, 0.15) is 37.0 Å². The third kappa shape index (κ3) is 4.85. The van der Waals surface area contributed by atoms with Gasteiger partial charge in [-0.05, 0) is 38.8 Å². The molecule has 0 spiro atoms. The summed E-state index contributed by atoms with van der Waals surface area (Å²) in [6.07, 6.45) is 0.133. The minimum atomic E-state index is -0.978. The zero-order chi connectivity index (χ0) is 18.5. The largest absolute Gasteiger partial charge is 0.479 e. The van der Waals surface area contributed by atoms with Gasteiger partial charge >= 0.3 is 5.97 Å². The summed E-state index contributed by atoms with van der Waals surface area (Å²) < 4.78 is 11.1. The zero-order valence-electron chi connectivity index (χ0n) is 15.0. The molecule has 1 saturated carbocycles. The Kier molecular flexibility index (Phi) is 5.56. The van der Waals surface area contributed by atoms with E-state index in [9.17, 15) is 9.59 Å². The highest BCUT2D eigenvalue weighted by Crippen LogP contribution is 2.24. The van der Waals surface area contributed by atoms with Crippen molar-refractivity contribution in [1.82, 2.24) is 5.32 Å². The van der Waals surface area contributed by atoms with Crippen LogP contribution in [0.5, 0.6) is 5.75 Å². The molecule has 3 rings (SSSR count). The van der Waals surface area contributed by atoms with Crippen LogP contribution in [0.3, 0.4) is 0 Å². The maximum absolute atomic E-state index is 12.5. The molecular formula is C21H23NO4. The minimum Gasteiger partial charge on any atom is -0.479 e. The van der Waals surface area contributed by atoms with Gasteiger partial charge < -0.3 is 14.8 Å². The Balaban J connectivity index is 1.67. The Morgan fingerprint density at radius 1 is 1.04 bits per heavy atom. The molecule has 26 heavy (non-hydrogen) atoms. The van der Waals surface area contributed by atoms with Crippen molar-refractivity contribution >= 4 is 11.9 Å². The zero-order valence-corrected chi connectivity index (χ0v) is 15.0. The lowest BCUT2D eigenvalue weighted by Gasteiger charge is -2.21. The molecule has 1 aliphatic carbocycles. The number of carbonyl (C=O) groups excluding carboxylic acids is 2. The number of ether oxygens (including phenoxy) is 2. The van der Waals surface area contributed by atoms with Gasteiger partial charge in [0.2, 0.25) is 6.10 Å². The quantitative estimate of drug-likeness (QED) is 0.776. The molecule has 0 aromatic heterocycles. The van der Waals surface area contributed by atoms with Crippen LogP contribution in [0.25, 0.3) is 0 Å². The molecule has 0 unspecified atom stereocenters. The van der Waals surface area contributed by atoms with Gasteiger partial charge in [-0.2, -0.15) is 0 Å². The van der Waals surface area contributed by atoms with Crippen LogP contribution in [-0.2, 0) is 14.3 Å². The summed E-state index contributed by atoms with van der Waals surface area (Å²) in [6.45, 7) is 3.59. The molecule has 0 radical (unpaired) electrons. The second-order valence-electron chi connectivity index (χ2n) is 6.58. The van der Waals surface area contributed by atoms with Crippen molar-refractivity contribution in [2.75, 3.05) is 0 Å². The molecular weight excluding hydrogens is 330 g/mol. The van der Waals surface area contributed by atoms with E-state index in [0.29, 0.717) is 11.3 Å². The number of hydrogen-bond acceptors (Lipinski definition) is 4. The predicted octanol–water partition coefficient (Wildman–Crippen LogP) is 3.33. The van der Waals surface area contributed by atoms with E-state index in [4.69, 9.17) is 9.47 Å². The predicted molar refractivity (Wildman–Crippen MR) is 97.7 cm³/mol. The van der Waals surface area contributed by atoms with Crippen molar-refractivity contribution in [2.24, 2.45) is 0 Å². The molecule has 5 nitrogen and oxygen atoms in total. The van der Waals surface area contributed by atoms with Gasteiger partial charge in [0.25, 0.3) is 5.91 Å². The number of aryl methyl sites for hydroxylation is 1. The average molecular weight is 353 g/mol. The van der Waals surface area contributed by atoms with E-state index < -0.39 is 18.2 Å². The minimum absolute atomic E-state index is 0.189. The number of hydrogen-bond donors (Lipinski definition) is 1. The SMILES string of the molecule is Cc1ccc(O[C@@H](C)C(=O)O[C@@H](C(=O)NC2CC2)c2ccccc2)cc1. The number of benzene rings is 2. The Morgan fingerprint density at radius 3 is 2.31 bits per heavy atom. The summed E-state index contributed by atoms with van der Waals surface area (Å²) in [4.78, 5) is 25.0. The van der Waals surface area contributed by atoms with Crippen molar-refractivity contribution in [3.05, 3.63) is 65.7 Å². The molecule has 1 fully saturated rings. The second-order valence-corrected chi connectivity index (χ2v) is 6.58. The molecule has 1 aliphatic rings. The molecule has 1 N–H and O–H groups in total. The number of nitrogens with one attached hydrogen (secondary N) is 1. The van der Waals surface area contributed by atoms with E-state index in [1.54, 1.807) is 31.2 Å². The Labute approximate surface area is 153 Å². The first kappa shape index (κ1) is 18.0. The molecule has 2 atom stereocenters. The number of carbonyl (C=O) groups is 2. The summed E-state index contributed by atoms with van der Waals surface area (Å²) in [6, 6.07) is 16.6. The van der Waals surface area contributed by atoms with Gasteiger partial charge in [-0.3, -0.25) is 4.79 Å². The molecule has 136 valence electrons. The van der Waals surface area contributed by atoms with Gasteiger partial charge in [0, 0.05) is 11.6 Å². The van der Waals surface area contributed by atoms with Crippen LogP contribution in [0.4, 0.5) is 0 Å². The van der Waals surface area contributed by atoms with Crippen LogP contribution in [0.15, 0.2) is 54.6 Å². The number of esters is 1. The van der Waals surface area contributed by atoms with Crippen LogP contribution < -0.4 is 10.1 Å². The second kappa shape index (κ2) is 8.04. The van der Waals surface area contributed by atoms with E-state index >= 15 is 0 Å². The molecule has 2 aromatic rings. The summed E-state index contributed by atoms with van der Waals surface area (Å²) in [5.74, 6) is -0.293. The number of amides is 1. The van der Waals surface area contributed by atoms with Crippen molar-refractivity contribution in [3.63, 3.8) is 0 Å². The summed E-state index contributed by atoms with van der Waals surface area (Å²) in [7, 11) is 0. The standard InChI is InChI=1S/C21H23NO4/c1-14-8-12-18(13-9-14)25-15(2)21(24)26-19(16-6-4-3-5-7-16)20(23)22-17-10-11-17/h3-9,12-13,15,17,19H,10-11H2,1-2H3,(H,22,23)/t15-,19+/m0/s1. The van der Waals surface area contributed by atoms with Gasteiger partial charge in [0.05, 0.1) is 0 Å². The number of rotatable bonds is 7. The fraction of sp³-hybridized carbons (Fsp3) is 0.333. The van der Waals surface area contributed by atoms with Crippen molar-refractivity contribution < 1.29 is 19.1 Å². The first-order valence-electron chi connectivity index (χ1n) is 8.82. The Hall–Kier alpha value is -2.82. The molecule has 2 aromatic carbocycles. The lowest BCUT2D eigenvalue weighted by atomic mass is 10.1. The summed E-state index contributed by atoms with van der Waals surface area (Å²) in [5, 5.41) is 2.90. The fourth-order valence-corrected chi connectivity index (χ4v) is 2.49. The van der Waals surface area contributed by atoms with E-state index in [0.717, 1.165) is 18.4 Å². The highest BCUT2D eigenvalue weighted by Gasteiger charge is 2.32. The van der Waals surface area contributed by atoms with Crippen LogP contribution in [0, 0.1) is 6.92 Å². The maximum Gasteiger partial charge on any atom is 0.348 e. The third-order valence-corrected chi connectivity index (χ3v) is 4.16. The summed E-state index contributed by atoms with van der Waals surface area (Å²) >= 11 is 0. The Bertz CT molecular complexity index is 753. The van der Waals surface area contributed by atoms with Gasteiger partial charge in [-0.15, -0.1) is 0 Å². The van der Waals surface area contributed by atoms with E-state index in [-0.39, 0.29) is 11.9 Å². The molecule has 5 heteroatoms. The highest BCUT2D eigenvalue weighted by atomic mass is 16.6. The topological polar surface area (TPSA) is 64.6 Å². The van der Waals surface area contributed by atoms with E-state index in [1.165, 1.54) is 0 Å². The first-order valence-corrected chi connectivity index (χ1v) is 8.82. The van der Waals surface area contributed by atoms with Crippen molar-refractivity contribution in [1.29, 1.82) is 0 Å². The average Bonchev–Trinajstić information content (AvgIpc) is 3.46. The lowest BCUT2D eigenvalue weighted by molar-refractivity contribution is -0.162. The van der Waals surface area contributed by atoms with E-state index in [1.807, 2.05) is 37.3 Å². The van der Waals surface area contributed by atoms with Crippen LogP contribution >= 0.6 is 0 Å². The van der Waals surface area contributed by atoms with E-state index in [2.05, 4.69) is 5.32 Å². The van der Waals surface area contributed by atoms with Crippen molar-refractivity contribution in [3.8, 4) is 5.75 Å². The van der Waals surface area contributed by atoms with Crippen LogP contribution in [0.2, 0.25) is 0 Å². The van der Waals surface area contributed by atoms with Gasteiger partial charge in [-0.1, -0.05) is 48.0 Å². The maximum atomic E-state index is 12.5. The lowest BCUT2D eigenvalue weighted by Crippen LogP contribution is -2.36. The molecule has 0 bridgehead atoms.